The highest BCUT2D eigenvalue weighted by Gasteiger charge is 2.54. The van der Waals surface area contributed by atoms with Crippen molar-refractivity contribution in [2.45, 2.75) is 18.3 Å². The number of benzene rings is 2. The van der Waals surface area contributed by atoms with Crippen LogP contribution in [0.1, 0.15) is 21.5 Å². The van der Waals surface area contributed by atoms with E-state index in [1.54, 1.807) is 12.1 Å². The number of allylic oxidation sites excluding steroid dienone is 1. The largest absolute Gasteiger partial charge is 0.493 e. The Morgan fingerprint density at radius 1 is 1.14 bits per heavy atom. The molecule has 0 saturated heterocycles. The average molecular weight is 384 g/mol. The number of rotatable bonds is 7. The molecule has 2 atom stereocenters. The van der Waals surface area contributed by atoms with Gasteiger partial charge in [0.1, 0.15) is 0 Å². The van der Waals surface area contributed by atoms with Crippen molar-refractivity contribution in [2.75, 3.05) is 28.4 Å². The molecule has 1 heterocycles. The molecule has 3 rings (SSSR count). The van der Waals surface area contributed by atoms with E-state index in [1.807, 2.05) is 30.3 Å². The fraction of sp³-hybridized carbons (Fsp3) is 0.318. The fourth-order valence-corrected chi connectivity index (χ4v) is 3.61. The van der Waals surface area contributed by atoms with Gasteiger partial charge in [-0.15, -0.1) is 6.58 Å². The molecule has 148 valence electrons. The highest BCUT2D eigenvalue weighted by Crippen LogP contribution is 2.50. The number of hydrogen-bond acceptors (Lipinski definition) is 6. The van der Waals surface area contributed by atoms with Gasteiger partial charge >= 0.3 is 0 Å². The van der Waals surface area contributed by atoms with Crippen LogP contribution in [0.25, 0.3) is 0 Å². The van der Waals surface area contributed by atoms with E-state index >= 15 is 0 Å². The van der Waals surface area contributed by atoms with E-state index in [1.165, 1.54) is 28.4 Å². The van der Waals surface area contributed by atoms with Crippen molar-refractivity contribution >= 4 is 5.78 Å². The number of fused-ring (bicyclic) bond motifs is 1. The van der Waals surface area contributed by atoms with Crippen LogP contribution in [-0.4, -0.2) is 40.3 Å². The summed E-state index contributed by atoms with van der Waals surface area (Å²) in [5, 5.41) is 0. The normalized spacial score (nSPS) is 20.9. The summed E-state index contributed by atoms with van der Waals surface area (Å²) in [6.45, 7) is 3.78. The van der Waals surface area contributed by atoms with Crippen LogP contribution in [0.3, 0.4) is 0 Å². The summed E-state index contributed by atoms with van der Waals surface area (Å²) in [6, 6.07) is 11.0. The van der Waals surface area contributed by atoms with Gasteiger partial charge in [-0.2, -0.15) is 0 Å². The van der Waals surface area contributed by atoms with Gasteiger partial charge in [0.05, 0.1) is 19.8 Å². The van der Waals surface area contributed by atoms with Gasteiger partial charge in [0.25, 0.3) is 5.79 Å². The summed E-state index contributed by atoms with van der Waals surface area (Å²) in [5.74, 6) is -0.675. The minimum atomic E-state index is -1.47. The summed E-state index contributed by atoms with van der Waals surface area (Å²) < 4.78 is 28.7. The van der Waals surface area contributed by atoms with Crippen molar-refractivity contribution in [1.29, 1.82) is 0 Å². The first-order chi connectivity index (χ1) is 13.6. The molecule has 2 unspecified atom stereocenters. The Balaban J connectivity index is 2.33. The molecule has 6 nitrogen and oxygen atoms in total. The highest BCUT2D eigenvalue weighted by atomic mass is 16.7. The zero-order valence-electron chi connectivity index (χ0n) is 16.5. The monoisotopic (exact) mass is 384 g/mol. The minimum absolute atomic E-state index is 0.257. The molecule has 6 heteroatoms. The number of ketones is 1. The number of methoxy groups -OCH3 is 4. The van der Waals surface area contributed by atoms with E-state index in [-0.39, 0.29) is 11.5 Å². The molecule has 0 spiro atoms. The van der Waals surface area contributed by atoms with Crippen LogP contribution < -0.4 is 14.2 Å². The molecule has 0 aromatic heterocycles. The SMILES string of the molecule is C=CCc1cc(OC)c(OC)c2c1C(=O)C(OC)C(OC)(c1ccccc1)O2. The van der Waals surface area contributed by atoms with E-state index in [0.717, 1.165) is 0 Å². The standard InChI is InChI=1S/C22H24O6/c1-6-10-14-13-16(24-2)19(25-3)20-17(14)18(23)21(26-4)22(27-5,28-20)15-11-8-7-9-12-15/h6-9,11-13,21H,1,10H2,2-5H3. The molecule has 0 radical (unpaired) electrons. The molecule has 0 fully saturated rings. The Labute approximate surface area is 164 Å². The molecule has 28 heavy (non-hydrogen) atoms. The van der Waals surface area contributed by atoms with Gasteiger partial charge in [-0.1, -0.05) is 36.4 Å². The van der Waals surface area contributed by atoms with E-state index in [9.17, 15) is 4.79 Å². The summed E-state index contributed by atoms with van der Waals surface area (Å²) in [5.41, 5.74) is 1.75. The van der Waals surface area contributed by atoms with E-state index in [4.69, 9.17) is 23.7 Å². The van der Waals surface area contributed by atoms with Crippen molar-refractivity contribution in [3.05, 3.63) is 65.7 Å². The maximum Gasteiger partial charge on any atom is 0.271 e. The second-order valence-corrected chi connectivity index (χ2v) is 6.29. The summed E-state index contributed by atoms with van der Waals surface area (Å²) in [6.07, 6.45) is 1.17. The lowest BCUT2D eigenvalue weighted by Gasteiger charge is -2.42. The summed E-state index contributed by atoms with van der Waals surface area (Å²) >= 11 is 0. The number of carbonyl (C=O) groups is 1. The van der Waals surface area contributed by atoms with Gasteiger partial charge in [0.2, 0.25) is 11.5 Å². The quantitative estimate of drug-likeness (QED) is 0.681. The van der Waals surface area contributed by atoms with Gasteiger partial charge in [0, 0.05) is 19.8 Å². The van der Waals surface area contributed by atoms with E-state index in [2.05, 4.69) is 6.58 Å². The molecule has 1 aliphatic rings. The third kappa shape index (κ3) is 2.95. The first kappa shape index (κ1) is 19.9. The third-order valence-electron chi connectivity index (χ3n) is 4.87. The minimum Gasteiger partial charge on any atom is -0.493 e. The molecule has 1 aliphatic heterocycles. The van der Waals surface area contributed by atoms with E-state index in [0.29, 0.717) is 34.6 Å². The topological polar surface area (TPSA) is 63.2 Å². The molecule has 0 amide bonds. The van der Waals surface area contributed by atoms with E-state index < -0.39 is 11.9 Å². The Morgan fingerprint density at radius 3 is 2.39 bits per heavy atom. The highest BCUT2D eigenvalue weighted by molar-refractivity contribution is 6.06. The Morgan fingerprint density at radius 2 is 1.86 bits per heavy atom. The first-order valence-electron chi connectivity index (χ1n) is 8.83. The number of Topliss-reactive ketones (excluding diaryl/α,β-unsaturated/α-hetero) is 1. The van der Waals surface area contributed by atoms with Crippen molar-refractivity contribution in [3.63, 3.8) is 0 Å². The first-order valence-corrected chi connectivity index (χ1v) is 8.83. The maximum absolute atomic E-state index is 13.5. The summed E-state index contributed by atoms with van der Waals surface area (Å²) in [4.78, 5) is 13.5. The lowest BCUT2D eigenvalue weighted by atomic mass is 9.86. The van der Waals surface area contributed by atoms with Crippen molar-refractivity contribution in [1.82, 2.24) is 0 Å². The van der Waals surface area contributed by atoms with Crippen molar-refractivity contribution in [2.24, 2.45) is 0 Å². The molecule has 0 saturated carbocycles. The van der Waals surface area contributed by atoms with Crippen LogP contribution in [0.15, 0.2) is 49.1 Å². The molecular formula is C22H24O6. The molecule has 0 aliphatic carbocycles. The maximum atomic E-state index is 13.5. The average Bonchev–Trinajstić information content (AvgIpc) is 2.73. The number of hydrogen-bond donors (Lipinski definition) is 0. The van der Waals surface area contributed by atoms with Gasteiger partial charge in [-0.3, -0.25) is 4.79 Å². The zero-order chi connectivity index (χ0) is 20.3. The lowest BCUT2D eigenvalue weighted by Crippen LogP contribution is -2.54. The van der Waals surface area contributed by atoms with Crippen molar-refractivity contribution < 1.29 is 28.5 Å². The number of ether oxygens (including phenoxy) is 5. The Hall–Kier alpha value is -2.83. The van der Waals surface area contributed by atoms with Crippen LogP contribution in [0.2, 0.25) is 0 Å². The Bertz CT molecular complexity index is 876. The third-order valence-corrected chi connectivity index (χ3v) is 4.87. The fourth-order valence-electron chi connectivity index (χ4n) is 3.61. The second-order valence-electron chi connectivity index (χ2n) is 6.29. The Kier molecular flexibility index (Phi) is 5.72. The molecule has 0 N–H and O–H groups in total. The zero-order valence-corrected chi connectivity index (χ0v) is 16.5. The summed E-state index contributed by atoms with van der Waals surface area (Å²) in [7, 11) is 5.97. The lowest BCUT2D eigenvalue weighted by molar-refractivity contribution is -0.230. The molecule has 2 aromatic rings. The predicted octanol–water partition coefficient (Wildman–Crippen LogP) is 3.52. The van der Waals surface area contributed by atoms with Crippen molar-refractivity contribution in [3.8, 4) is 17.2 Å². The van der Waals surface area contributed by atoms with Gasteiger partial charge in [-0.25, -0.2) is 0 Å². The van der Waals surface area contributed by atoms with Gasteiger partial charge in [-0.05, 0) is 18.1 Å². The smallest absolute Gasteiger partial charge is 0.271 e. The van der Waals surface area contributed by atoms with Crippen LogP contribution in [0, 0.1) is 0 Å². The molecular weight excluding hydrogens is 360 g/mol. The molecule has 2 aromatic carbocycles. The predicted molar refractivity (Wildman–Crippen MR) is 104 cm³/mol. The van der Waals surface area contributed by atoms with Crippen LogP contribution in [0.4, 0.5) is 0 Å². The second kappa shape index (κ2) is 8.04. The van der Waals surface area contributed by atoms with Crippen LogP contribution in [-0.2, 0) is 21.7 Å². The van der Waals surface area contributed by atoms with Gasteiger partial charge in [0.15, 0.2) is 17.6 Å². The number of carbonyl (C=O) groups excluding carboxylic acids is 1. The van der Waals surface area contributed by atoms with Crippen LogP contribution in [0.5, 0.6) is 17.2 Å². The van der Waals surface area contributed by atoms with Gasteiger partial charge < -0.3 is 23.7 Å². The van der Waals surface area contributed by atoms with Crippen LogP contribution >= 0.6 is 0 Å². The molecule has 0 bridgehead atoms.